The number of hydrogen-bond donors (Lipinski definition) is 1. The molecule has 3 heterocycles. The summed E-state index contributed by atoms with van der Waals surface area (Å²) in [6, 6.07) is 13.6. The minimum atomic E-state index is -2.07. The average molecular weight is 550 g/mol. The molecule has 0 bridgehead atoms. The van der Waals surface area contributed by atoms with Crippen LogP contribution in [0.15, 0.2) is 54.3 Å². The quantitative estimate of drug-likeness (QED) is 0.497. The SMILES string of the molecule is COC(=O)CC(O)(CCc1ccccc1)C(=O)OC1C(OC)=CC23CCCN2CCc2cc4c(cc2C13)OCO4. The third-order valence-corrected chi connectivity index (χ3v) is 8.91. The smallest absolute Gasteiger partial charge is 0.339 e. The zero-order chi connectivity index (χ0) is 27.9. The maximum atomic E-state index is 13.9. The van der Waals surface area contributed by atoms with Crippen molar-refractivity contribution in [2.45, 2.75) is 61.7 Å². The van der Waals surface area contributed by atoms with E-state index in [1.165, 1.54) is 7.11 Å². The van der Waals surface area contributed by atoms with Gasteiger partial charge in [-0.1, -0.05) is 30.3 Å². The Hall–Kier alpha value is -3.56. The third kappa shape index (κ3) is 4.51. The van der Waals surface area contributed by atoms with E-state index in [0.717, 1.165) is 54.8 Å². The van der Waals surface area contributed by atoms with Gasteiger partial charge in [0.2, 0.25) is 6.79 Å². The molecule has 3 aliphatic heterocycles. The summed E-state index contributed by atoms with van der Waals surface area (Å²) in [5.41, 5.74) is 0.597. The van der Waals surface area contributed by atoms with Gasteiger partial charge in [-0.15, -0.1) is 0 Å². The predicted molar refractivity (Wildman–Crippen MR) is 144 cm³/mol. The topological polar surface area (TPSA) is 104 Å². The van der Waals surface area contributed by atoms with Gasteiger partial charge in [0.15, 0.2) is 23.2 Å². The number of carbonyl (C=O) groups is 2. The zero-order valence-corrected chi connectivity index (χ0v) is 22.9. The highest BCUT2D eigenvalue weighted by atomic mass is 16.7. The lowest BCUT2D eigenvalue weighted by Gasteiger charge is -2.39. The minimum Gasteiger partial charge on any atom is -0.497 e. The van der Waals surface area contributed by atoms with Crippen LogP contribution in [-0.4, -0.2) is 73.3 Å². The fraction of sp³-hybridized carbons (Fsp3) is 0.484. The number of ether oxygens (including phenoxy) is 5. The number of benzene rings is 2. The van der Waals surface area contributed by atoms with Crippen LogP contribution in [0.1, 0.15) is 48.3 Å². The van der Waals surface area contributed by atoms with Crippen LogP contribution in [0.25, 0.3) is 0 Å². The molecular formula is C31H35NO8. The van der Waals surface area contributed by atoms with Crippen LogP contribution < -0.4 is 9.47 Å². The second-order valence-electron chi connectivity index (χ2n) is 11.1. The number of fused-ring (bicyclic) bond motifs is 3. The van der Waals surface area contributed by atoms with Gasteiger partial charge < -0.3 is 28.8 Å². The molecule has 1 fully saturated rings. The number of aryl methyl sites for hydroxylation is 1. The van der Waals surface area contributed by atoms with E-state index >= 15 is 0 Å². The summed E-state index contributed by atoms with van der Waals surface area (Å²) >= 11 is 0. The van der Waals surface area contributed by atoms with Crippen molar-refractivity contribution in [1.82, 2.24) is 4.90 Å². The first-order chi connectivity index (χ1) is 19.4. The average Bonchev–Trinajstić information content (AvgIpc) is 3.66. The summed E-state index contributed by atoms with van der Waals surface area (Å²) in [6.07, 6.45) is 3.90. The van der Waals surface area contributed by atoms with Gasteiger partial charge in [0, 0.05) is 6.54 Å². The van der Waals surface area contributed by atoms with Crippen molar-refractivity contribution in [2.24, 2.45) is 0 Å². The van der Waals surface area contributed by atoms with Crippen LogP contribution in [0, 0.1) is 0 Å². The van der Waals surface area contributed by atoms with Crippen LogP contribution in [0.2, 0.25) is 0 Å². The fourth-order valence-corrected chi connectivity index (χ4v) is 6.89. The molecule has 6 rings (SSSR count). The number of aliphatic hydroxyl groups is 1. The predicted octanol–water partition coefficient (Wildman–Crippen LogP) is 3.27. The third-order valence-electron chi connectivity index (χ3n) is 8.91. The van der Waals surface area contributed by atoms with Gasteiger partial charge in [0.05, 0.1) is 32.1 Å². The largest absolute Gasteiger partial charge is 0.497 e. The second-order valence-corrected chi connectivity index (χ2v) is 11.1. The van der Waals surface area contributed by atoms with Gasteiger partial charge in [-0.25, -0.2) is 4.79 Å². The number of esters is 2. The number of methoxy groups -OCH3 is 2. The molecule has 1 aliphatic carbocycles. The molecule has 2 aromatic rings. The lowest BCUT2D eigenvalue weighted by Crippen LogP contribution is -2.49. The number of rotatable bonds is 8. The van der Waals surface area contributed by atoms with Crippen molar-refractivity contribution in [2.75, 3.05) is 34.1 Å². The summed E-state index contributed by atoms with van der Waals surface area (Å²) < 4.78 is 28.3. The standard InChI is InChI=1S/C31H35NO8/c1-36-25-17-30-11-6-13-32(30)14-10-21-15-23-24(39-19-38-23)16-22(21)27(30)28(25)40-29(34)31(35,18-26(33)37-2)12-9-20-7-4-3-5-8-20/h3-5,7-8,15-17,27-28,35H,6,9-14,18-19H2,1-2H3. The normalized spacial score (nSPS) is 26.0. The van der Waals surface area contributed by atoms with Gasteiger partial charge in [-0.3, -0.25) is 9.69 Å². The first-order valence-electron chi connectivity index (χ1n) is 13.9. The molecule has 4 unspecified atom stereocenters. The fourth-order valence-electron chi connectivity index (χ4n) is 6.89. The molecule has 9 heteroatoms. The Bertz CT molecular complexity index is 1330. The van der Waals surface area contributed by atoms with E-state index in [1.54, 1.807) is 7.11 Å². The Balaban J connectivity index is 1.36. The molecule has 0 amide bonds. The molecule has 212 valence electrons. The van der Waals surface area contributed by atoms with Gasteiger partial charge >= 0.3 is 11.9 Å². The Kier molecular flexibility index (Phi) is 6.96. The summed E-state index contributed by atoms with van der Waals surface area (Å²) in [5.74, 6) is 0.0926. The van der Waals surface area contributed by atoms with E-state index in [1.807, 2.05) is 42.5 Å². The molecule has 9 nitrogen and oxygen atoms in total. The van der Waals surface area contributed by atoms with E-state index in [2.05, 4.69) is 11.0 Å². The van der Waals surface area contributed by atoms with Crippen LogP contribution in [0.3, 0.4) is 0 Å². The van der Waals surface area contributed by atoms with Crippen molar-refractivity contribution in [1.29, 1.82) is 0 Å². The van der Waals surface area contributed by atoms with Gasteiger partial charge in [0.1, 0.15) is 5.76 Å². The van der Waals surface area contributed by atoms with Crippen molar-refractivity contribution in [3.8, 4) is 11.5 Å². The van der Waals surface area contributed by atoms with Crippen molar-refractivity contribution in [3.63, 3.8) is 0 Å². The maximum Gasteiger partial charge on any atom is 0.339 e. The molecule has 1 N–H and O–H groups in total. The monoisotopic (exact) mass is 549 g/mol. The number of hydrogen-bond acceptors (Lipinski definition) is 9. The van der Waals surface area contributed by atoms with Crippen LogP contribution in [-0.2, 0) is 36.6 Å². The van der Waals surface area contributed by atoms with Gasteiger partial charge in [0.25, 0.3) is 0 Å². The highest BCUT2D eigenvalue weighted by Crippen LogP contribution is 2.55. The van der Waals surface area contributed by atoms with Gasteiger partial charge in [-0.2, -0.15) is 0 Å². The van der Waals surface area contributed by atoms with E-state index in [-0.39, 0.29) is 19.1 Å². The molecule has 1 saturated heterocycles. The minimum absolute atomic E-state index is 0.000898. The van der Waals surface area contributed by atoms with E-state index in [4.69, 9.17) is 23.7 Å². The Morgan fingerprint density at radius 2 is 1.90 bits per heavy atom. The van der Waals surface area contributed by atoms with E-state index in [9.17, 15) is 14.7 Å². The molecule has 4 aliphatic rings. The zero-order valence-electron chi connectivity index (χ0n) is 22.9. The summed E-state index contributed by atoms with van der Waals surface area (Å²) in [4.78, 5) is 28.7. The van der Waals surface area contributed by atoms with Crippen molar-refractivity contribution < 1.29 is 38.4 Å². The lowest BCUT2D eigenvalue weighted by molar-refractivity contribution is -0.178. The number of carbonyl (C=O) groups excluding carboxylic acids is 2. The highest BCUT2D eigenvalue weighted by Gasteiger charge is 2.59. The van der Waals surface area contributed by atoms with Crippen molar-refractivity contribution in [3.05, 3.63) is 71.0 Å². The maximum absolute atomic E-state index is 13.9. The molecule has 1 spiro atoms. The van der Waals surface area contributed by atoms with Crippen LogP contribution >= 0.6 is 0 Å². The molecule has 4 atom stereocenters. The second kappa shape index (κ2) is 10.4. The Labute approximate surface area is 233 Å². The molecule has 0 radical (unpaired) electrons. The van der Waals surface area contributed by atoms with E-state index in [0.29, 0.717) is 17.9 Å². The van der Waals surface area contributed by atoms with Crippen LogP contribution in [0.5, 0.6) is 11.5 Å². The first-order valence-corrected chi connectivity index (χ1v) is 13.9. The summed E-state index contributed by atoms with van der Waals surface area (Å²) in [5, 5.41) is 11.6. The lowest BCUT2D eigenvalue weighted by atomic mass is 9.77. The molecule has 40 heavy (non-hydrogen) atoms. The van der Waals surface area contributed by atoms with Crippen molar-refractivity contribution >= 4 is 11.9 Å². The van der Waals surface area contributed by atoms with Crippen LogP contribution in [0.4, 0.5) is 0 Å². The summed E-state index contributed by atoms with van der Waals surface area (Å²) in [7, 11) is 2.81. The highest BCUT2D eigenvalue weighted by molar-refractivity contribution is 5.86. The van der Waals surface area contributed by atoms with Gasteiger partial charge in [-0.05, 0) is 73.5 Å². The summed E-state index contributed by atoms with van der Waals surface area (Å²) in [6.45, 7) is 1.94. The molecular weight excluding hydrogens is 514 g/mol. The first kappa shape index (κ1) is 26.7. The Morgan fingerprint density at radius 1 is 1.12 bits per heavy atom. The Morgan fingerprint density at radius 3 is 2.65 bits per heavy atom. The number of nitrogens with zero attached hydrogens (tertiary/aromatic N) is 1. The molecule has 0 saturated carbocycles. The molecule has 2 aromatic carbocycles. The van der Waals surface area contributed by atoms with E-state index < -0.39 is 35.6 Å². The molecule has 0 aromatic heterocycles.